The lowest BCUT2D eigenvalue weighted by atomic mass is 10.1. The number of ether oxygens (including phenoxy) is 3. The number of methoxy groups -OCH3 is 2. The van der Waals surface area contributed by atoms with Crippen LogP contribution in [0.2, 0.25) is 0 Å². The Bertz CT molecular complexity index is 1170. The standard InChI is InChI=1S/C19H17N3O7/c1-11-5-4-6-21-17(23)7-12(20-18(11)21)10-29-19(24)13-8-15(27-2)16(28-3)9-14(13)22(25)26/h4-9H,10H2,1-3H3. The first-order valence-corrected chi connectivity index (χ1v) is 8.41. The number of rotatable bonds is 6. The number of nitrogens with zero attached hydrogens (tertiary/aromatic N) is 3. The van der Waals surface area contributed by atoms with E-state index in [4.69, 9.17) is 14.2 Å². The summed E-state index contributed by atoms with van der Waals surface area (Å²) in [4.78, 5) is 39.7. The first kappa shape index (κ1) is 19.8. The third-order valence-corrected chi connectivity index (χ3v) is 4.21. The van der Waals surface area contributed by atoms with Gasteiger partial charge in [-0.1, -0.05) is 6.07 Å². The van der Waals surface area contributed by atoms with Crippen molar-refractivity contribution >= 4 is 17.3 Å². The van der Waals surface area contributed by atoms with E-state index < -0.39 is 16.6 Å². The largest absolute Gasteiger partial charge is 0.493 e. The fraction of sp³-hybridized carbons (Fsp3) is 0.211. The van der Waals surface area contributed by atoms with Crippen molar-refractivity contribution in [2.75, 3.05) is 14.2 Å². The van der Waals surface area contributed by atoms with Gasteiger partial charge >= 0.3 is 5.97 Å². The molecule has 0 spiro atoms. The minimum absolute atomic E-state index is 0.107. The molecule has 150 valence electrons. The Kier molecular flexibility index (Phi) is 5.44. The quantitative estimate of drug-likeness (QED) is 0.351. The van der Waals surface area contributed by atoms with Crippen molar-refractivity contribution in [1.29, 1.82) is 0 Å². The summed E-state index contributed by atoms with van der Waals surface area (Å²) in [5, 5.41) is 11.3. The summed E-state index contributed by atoms with van der Waals surface area (Å²) in [5.74, 6) is -0.706. The molecule has 0 aliphatic heterocycles. The number of hydrogen-bond donors (Lipinski definition) is 0. The number of nitro benzene ring substituents is 1. The number of carbonyl (C=O) groups is 1. The summed E-state index contributed by atoms with van der Waals surface area (Å²) in [5.41, 5.74) is 0.301. The van der Waals surface area contributed by atoms with Gasteiger partial charge in [-0.25, -0.2) is 9.78 Å². The summed E-state index contributed by atoms with van der Waals surface area (Å²) in [6.07, 6.45) is 1.58. The highest BCUT2D eigenvalue weighted by Crippen LogP contribution is 2.34. The van der Waals surface area contributed by atoms with Gasteiger partial charge in [0.25, 0.3) is 11.2 Å². The van der Waals surface area contributed by atoms with Gasteiger partial charge < -0.3 is 14.2 Å². The third kappa shape index (κ3) is 3.86. The van der Waals surface area contributed by atoms with E-state index in [1.807, 2.05) is 0 Å². The smallest absolute Gasteiger partial charge is 0.345 e. The van der Waals surface area contributed by atoms with Crippen molar-refractivity contribution in [2.45, 2.75) is 13.5 Å². The molecule has 29 heavy (non-hydrogen) atoms. The lowest BCUT2D eigenvalue weighted by Gasteiger charge is -2.11. The molecule has 0 atom stereocenters. The molecule has 3 aromatic rings. The summed E-state index contributed by atoms with van der Waals surface area (Å²) in [6.45, 7) is 1.47. The first-order chi connectivity index (χ1) is 13.8. The molecule has 0 saturated carbocycles. The third-order valence-electron chi connectivity index (χ3n) is 4.21. The second-order valence-corrected chi connectivity index (χ2v) is 6.03. The van der Waals surface area contributed by atoms with E-state index in [0.29, 0.717) is 5.65 Å². The summed E-state index contributed by atoms with van der Waals surface area (Å²) < 4.78 is 16.7. The Morgan fingerprint density at radius 2 is 1.90 bits per heavy atom. The highest BCUT2D eigenvalue weighted by Gasteiger charge is 2.26. The van der Waals surface area contributed by atoms with Crippen LogP contribution in [0.25, 0.3) is 5.65 Å². The molecular weight excluding hydrogens is 382 g/mol. The summed E-state index contributed by atoms with van der Waals surface area (Å²) in [7, 11) is 2.67. The van der Waals surface area contributed by atoms with Gasteiger partial charge in [-0.2, -0.15) is 0 Å². The fourth-order valence-corrected chi connectivity index (χ4v) is 2.78. The molecule has 10 heteroatoms. The number of aryl methyl sites for hydroxylation is 1. The number of pyridine rings is 1. The number of hydrogen-bond acceptors (Lipinski definition) is 8. The van der Waals surface area contributed by atoms with Gasteiger partial charge in [0.15, 0.2) is 11.5 Å². The zero-order valence-corrected chi connectivity index (χ0v) is 15.9. The van der Waals surface area contributed by atoms with E-state index in [0.717, 1.165) is 11.6 Å². The van der Waals surface area contributed by atoms with Crippen LogP contribution in [-0.4, -0.2) is 34.5 Å². The Hall–Kier alpha value is -3.95. The number of esters is 1. The van der Waals surface area contributed by atoms with Crippen LogP contribution in [0.5, 0.6) is 11.5 Å². The predicted octanol–water partition coefficient (Wildman–Crippen LogP) is 2.29. The lowest BCUT2D eigenvalue weighted by molar-refractivity contribution is -0.385. The van der Waals surface area contributed by atoms with E-state index in [9.17, 15) is 19.7 Å². The Morgan fingerprint density at radius 1 is 1.21 bits per heavy atom. The maximum absolute atomic E-state index is 12.5. The highest BCUT2D eigenvalue weighted by atomic mass is 16.6. The van der Waals surface area contributed by atoms with Crippen molar-refractivity contribution in [3.63, 3.8) is 0 Å². The van der Waals surface area contributed by atoms with Crippen molar-refractivity contribution in [3.05, 3.63) is 73.8 Å². The van der Waals surface area contributed by atoms with E-state index in [1.54, 1.807) is 25.3 Å². The van der Waals surface area contributed by atoms with Crippen LogP contribution in [0.3, 0.4) is 0 Å². The van der Waals surface area contributed by atoms with Gasteiger partial charge in [0.1, 0.15) is 17.8 Å². The van der Waals surface area contributed by atoms with Crippen LogP contribution >= 0.6 is 0 Å². The van der Waals surface area contributed by atoms with Crippen molar-refractivity contribution in [1.82, 2.24) is 9.38 Å². The lowest BCUT2D eigenvalue weighted by Crippen LogP contribution is -2.17. The van der Waals surface area contributed by atoms with Gasteiger partial charge in [-0.05, 0) is 18.6 Å². The monoisotopic (exact) mass is 399 g/mol. The zero-order valence-electron chi connectivity index (χ0n) is 15.9. The second-order valence-electron chi connectivity index (χ2n) is 6.03. The van der Waals surface area contributed by atoms with Crippen LogP contribution in [0.1, 0.15) is 21.6 Å². The normalized spacial score (nSPS) is 10.6. The summed E-state index contributed by atoms with van der Waals surface area (Å²) >= 11 is 0. The van der Waals surface area contributed by atoms with E-state index in [2.05, 4.69) is 4.98 Å². The highest BCUT2D eigenvalue weighted by molar-refractivity contribution is 5.95. The van der Waals surface area contributed by atoms with Gasteiger partial charge in [0.05, 0.1) is 30.9 Å². The second kappa shape index (κ2) is 7.97. The number of aromatic nitrogens is 2. The van der Waals surface area contributed by atoms with Crippen LogP contribution < -0.4 is 15.0 Å². The van der Waals surface area contributed by atoms with Crippen LogP contribution in [0, 0.1) is 17.0 Å². The van der Waals surface area contributed by atoms with Crippen LogP contribution in [-0.2, 0) is 11.3 Å². The average Bonchev–Trinajstić information content (AvgIpc) is 2.71. The van der Waals surface area contributed by atoms with E-state index in [-0.39, 0.29) is 34.9 Å². The fourth-order valence-electron chi connectivity index (χ4n) is 2.78. The molecule has 0 aliphatic rings. The van der Waals surface area contributed by atoms with Gasteiger partial charge in [-0.15, -0.1) is 0 Å². The molecule has 0 aliphatic carbocycles. The molecule has 0 amide bonds. The molecule has 0 saturated heterocycles. The first-order valence-electron chi connectivity index (χ1n) is 8.41. The van der Waals surface area contributed by atoms with Gasteiger partial charge in [0, 0.05) is 18.3 Å². The van der Waals surface area contributed by atoms with E-state index in [1.165, 1.54) is 30.8 Å². The molecule has 0 radical (unpaired) electrons. The number of nitro groups is 1. The molecular formula is C19H17N3O7. The molecule has 2 heterocycles. The maximum Gasteiger partial charge on any atom is 0.345 e. The van der Waals surface area contributed by atoms with Crippen LogP contribution in [0.15, 0.2) is 41.3 Å². The van der Waals surface area contributed by atoms with Crippen molar-refractivity contribution < 1.29 is 23.9 Å². The van der Waals surface area contributed by atoms with Gasteiger partial charge in [0.2, 0.25) is 0 Å². The van der Waals surface area contributed by atoms with Crippen molar-refractivity contribution in [3.8, 4) is 11.5 Å². The molecule has 1 aromatic carbocycles. The number of carbonyl (C=O) groups excluding carboxylic acids is 1. The average molecular weight is 399 g/mol. The maximum atomic E-state index is 12.5. The molecule has 3 rings (SSSR count). The number of fused-ring (bicyclic) bond motifs is 1. The van der Waals surface area contributed by atoms with Crippen molar-refractivity contribution in [2.24, 2.45) is 0 Å². The zero-order chi connectivity index (χ0) is 21.1. The van der Waals surface area contributed by atoms with Gasteiger partial charge in [-0.3, -0.25) is 19.3 Å². The topological polar surface area (TPSA) is 122 Å². The SMILES string of the molecule is COc1cc(C(=O)OCc2cc(=O)n3cccc(C)c3n2)c([N+](=O)[O-])cc1OC. The van der Waals surface area contributed by atoms with Crippen LogP contribution in [0.4, 0.5) is 5.69 Å². The Labute approximate surface area is 164 Å². The Morgan fingerprint density at radius 3 is 2.55 bits per heavy atom. The molecule has 10 nitrogen and oxygen atoms in total. The molecule has 0 bridgehead atoms. The molecule has 0 unspecified atom stereocenters. The molecule has 0 N–H and O–H groups in total. The number of benzene rings is 1. The minimum atomic E-state index is -0.954. The molecule has 0 fully saturated rings. The Balaban J connectivity index is 1.91. The molecule has 2 aromatic heterocycles. The summed E-state index contributed by atoms with van der Waals surface area (Å²) in [6, 6.07) is 7.01. The predicted molar refractivity (Wildman–Crippen MR) is 102 cm³/mol. The minimum Gasteiger partial charge on any atom is -0.493 e. The van der Waals surface area contributed by atoms with E-state index >= 15 is 0 Å².